The number of ether oxygens (including phenoxy) is 1. The van der Waals surface area contributed by atoms with E-state index in [-0.39, 0.29) is 22.6 Å². The first-order valence-electron chi connectivity index (χ1n) is 8.14. The van der Waals surface area contributed by atoms with Gasteiger partial charge >= 0.3 is 6.03 Å². The summed E-state index contributed by atoms with van der Waals surface area (Å²) in [5.41, 5.74) is 0.352. The lowest BCUT2D eigenvalue weighted by molar-refractivity contribution is -0.170. The minimum Gasteiger partial charge on any atom is -0.366 e. The molecule has 23 heavy (non-hydrogen) atoms. The number of urea groups is 1. The highest BCUT2D eigenvalue weighted by molar-refractivity contribution is 5.74. The average Bonchev–Trinajstić information content (AvgIpc) is 2.42. The summed E-state index contributed by atoms with van der Waals surface area (Å²) in [5.74, 6) is 0. The summed E-state index contributed by atoms with van der Waals surface area (Å²) in [6.45, 7) is 14.1. The normalized spacial score (nSPS) is 20.2. The molecule has 2 heterocycles. The summed E-state index contributed by atoms with van der Waals surface area (Å²) in [6.07, 6.45) is 3.57. The zero-order valence-electron chi connectivity index (χ0n) is 15.1. The molecule has 0 atom stereocenters. The van der Waals surface area contributed by atoms with E-state index in [1.807, 2.05) is 44.7 Å². The predicted octanol–water partition coefficient (Wildman–Crippen LogP) is 2.96. The van der Waals surface area contributed by atoms with Crippen molar-refractivity contribution in [2.24, 2.45) is 0 Å². The third kappa shape index (κ3) is 4.67. The third-order valence-corrected chi connectivity index (χ3v) is 4.13. The second kappa shape index (κ2) is 6.11. The average molecular weight is 319 g/mol. The van der Waals surface area contributed by atoms with Crippen LogP contribution in [-0.2, 0) is 10.2 Å². The summed E-state index contributed by atoms with van der Waals surface area (Å²) in [5, 5.41) is 3.08. The highest BCUT2D eigenvalue weighted by atomic mass is 16.5. The Kier molecular flexibility index (Phi) is 4.71. The van der Waals surface area contributed by atoms with E-state index in [1.165, 1.54) is 0 Å². The van der Waals surface area contributed by atoms with Gasteiger partial charge in [0.2, 0.25) is 0 Å². The number of nitrogens with one attached hydrogen (secondary N) is 1. The molecule has 5 nitrogen and oxygen atoms in total. The maximum Gasteiger partial charge on any atom is 0.317 e. The van der Waals surface area contributed by atoms with Crippen LogP contribution in [0.25, 0.3) is 0 Å². The predicted molar refractivity (Wildman–Crippen MR) is 91.5 cm³/mol. The van der Waals surface area contributed by atoms with E-state index < -0.39 is 0 Å². The van der Waals surface area contributed by atoms with Crippen molar-refractivity contribution in [2.45, 2.75) is 58.2 Å². The number of aromatic nitrogens is 1. The lowest BCUT2D eigenvalue weighted by atomic mass is 9.85. The first-order valence-corrected chi connectivity index (χ1v) is 8.14. The van der Waals surface area contributed by atoms with Gasteiger partial charge in [0.25, 0.3) is 0 Å². The molecule has 0 bridgehead atoms. The van der Waals surface area contributed by atoms with E-state index in [1.54, 1.807) is 12.4 Å². The highest BCUT2D eigenvalue weighted by Crippen LogP contribution is 2.28. The maximum absolute atomic E-state index is 12.6. The molecule has 128 valence electrons. The van der Waals surface area contributed by atoms with Crippen molar-refractivity contribution in [3.63, 3.8) is 0 Å². The molecule has 0 aromatic carbocycles. The number of hydrogen-bond donors (Lipinski definition) is 1. The van der Waals surface area contributed by atoms with E-state index in [0.29, 0.717) is 19.6 Å². The van der Waals surface area contributed by atoms with E-state index >= 15 is 0 Å². The van der Waals surface area contributed by atoms with Crippen molar-refractivity contribution in [1.82, 2.24) is 15.2 Å². The molecule has 5 heteroatoms. The van der Waals surface area contributed by atoms with Crippen LogP contribution in [0.15, 0.2) is 24.5 Å². The number of morpholine rings is 1. The fraction of sp³-hybridized carbons (Fsp3) is 0.667. The van der Waals surface area contributed by atoms with Crippen LogP contribution >= 0.6 is 0 Å². The molecule has 1 N–H and O–H groups in total. The molecule has 1 fully saturated rings. The number of carbonyl (C=O) groups excluding carboxylic acids is 1. The van der Waals surface area contributed by atoms with Crippen LogP contribution < -0.4 is 5.32 Å². The molecule has 1 aliphatic heterocycles. The second-order valence-corrected chi connectivity index (χ2v) is 8.26. The zero-order chi connectivity index (χ0) is 17.3. The maximum atomic E-state index is 12.6. The molecule has 1 aliphatic rings. The minimum absolute atomic E-state index is 0.0309. The summed E-state index contributed by atoms with van der Waals surface area (Å²) in [7, 11) is 0. The lowest BCUT2D eigenvalue weighted by Gasteiger charge is -2.47. The molecule has 1 saturated heterocycles. The second-order valence-electron chi connectivity index (χ2n) is 8.26. The molecule has 0 radical (unpaired) electrons. The van der Waals surface area contributed by atoms with Crippen LogP contribution in [0.2, 0.25) is 0 Å². The van der Waals surface area contributed by atoms with Crippen LogP contribution in [0.1, 0.15) is 47.1 Å². The van der Waals surface area contributed by atoms with Crippen molar-refractivity contribution in [1.29, 1.82) is 0 Å². The van der Waals surface area contributed by atoms with Crippen molar-refractivity contribution >= 4 is 6.03 Å². The van der Waals surface area contributed by atoms with Crippen molar-refractivity contribution in [3.8, 4) is 0 Å². The Labute approximate surface area is 139 Å². The topological polar surface area (TPSA) is 54.5 Å². The number of carbonyl (C=O) groups is 1. The molecule has 1 aromatic heterocycles. The smallest absolute Gasteiger partial charge is 0.317 e. The highest BCUT2D eigenvalue weighted by Gasteiger charge is 2.40. The van der Waals surface area contributed by atoms with Crippen LogP contribution in [0.5, 0.6) is 0 Å². The molecule has 2 amide bonds. The van der Waals surface area contributed by atoms with E-state index in [4.69, 9.17) is 4.74 Å². The Bertz CT molecular complexity index is 537. The number of amides is 2. The van der Waals surface area contributed by atoms with Crippen LogP contribution in [0.3, 0.4) is 0 Å². The van der Waals surface area contributed by atoms with Crippen molar-refractivity contribution in [2.75, 3.05) is 19.6 Å². The van der Waals surface area contributed by atoms with Crippen molar-refractivity contribution < 1.29 is 9.53 Å². The standard InChI is InChI=1S/C18H29N3O2/c1-16(2,14-7-9-19-10-8-14)11-20-15(22)21-12-17(3,4)23-18(5,6)13-21/h7-10H,11-13H2,1-6H3,(H,20,22). The van der Waals surface area contributed by atoms with Gasteiger partial charge in [-0.3, -0.25) is 4.98 Å². The van der Waals surface area contributed by atoms with Gasteiger partial charge in [0, 0.05) is 24.4 Å². The molecule has 0 spiro atoms. The Hall–Kier alpha value is -1.62. The van der Waals surface area contributed by atoms with E-state index in [2.05, 4.69) is 24.1 Å². The summed E-state index contributed by atoms with van der Waals surface area (Å²) >= 11 is 0. The molecular weight excluding hydrogens is 290 g/mol. The minimum atomic E-state index is -0.334. The molecule has 0 unspecified atom stereocenters. The van der Waals surface area contributed by atoms with Crippen LogP contribution in [0.4, 0.5) is 4.79 Å². The monoisotopic (exact) mass is 319 g/mol. The number of rotatable bonds is 3. The summed E-state index contributed by atoms with van der Waals surface area (Å²) < 4.78 is 6.03. The van der Waals surface area contributed by atoms with Crippen LogP contribution in [0, 0.1) is 0 Å². The van der Waals surface area contributed by atoms with Gasteiger partial charge in [-0.1, -0.05) is 13.8 Å². The number of nitrogens with zero attached hydrogens (tertiary/aromatic N) is 2. The SMILES string of the molecule is CC1(C)CN(C(=O)NCC(C)(C)c2ccncc2)CC(C)(C)O1. The Balaban J connectivity index is 1.99. The summed E-state index contributed by atoms with van der Waals surface area (Å²) in [4.78, 5) is 18.5. The van der Waals surface area contributed by atoms with Gasteiger partial charge in [-0.25, -0.2) is 4.79 Å². The molecular formula is C18H29N3O2. The van der Waals surface area contributed by atoms with Gasteiger partial charge in [0.1, 0.15) is 0 Å². The first kappa shape index (κ1) is 17.7. The van der Waals surface area contributed by atoms with Gasteiger partial charge in [-0.2, -0.15) is 0 Å². The zero-order valence-corrected chi connectivity index (χ0v) is 15.1. The Morgan fingerprint density at radius 2 is 1.74 bits per heavy atom. The molecule has 2 rings (SSSR count). The van der Waals surface area contributed by atoms with Gasteiger partial charge < -0.3 is 15.0 Å². The first-order chi connectivity index (χ1) is 10.5. The lowest BCUT2D eigenvalue weighted by Crippen LogP contribution is -2.60. The largest absolute Gasteiger partial charge is 0.366 e. The fourth-order valence-corrected chi connectivity index (χ4v) is 3.24. The molecule has 0 aliphatic carbocycles. The van der Waals surface area contributed by atoms with Gasteiger partial charge in [-0.15, -0.1) is 0 Å². The van der Waals surface area contributed by atoms with Crippen LogP contribution in [-0.4, -0.2) is 46.8 Å². The van der Waals surface area contributed by atoms with Gasteiger partial charge in [0.05, 0.1) is 24.3 Å². The van der Waals surface area contributed by atoms with E-state index in [0.717, 1.165) is 5.56 Å². The Morgan fingerprint density at radius 3 is 2.26 bits per heavy atom. The summed E-state index contributed by atoms with van der Waals surface area (Å²) in [6, 6.07) is 3.96. The quantitative estimate of drug-likeness (QED) is 0.932. The third-order valence-electron chi connectivity index (χ3n) is 4.13. The van der Waals surface area contributed by atoms with E-state index in [9.17, 15) is 4.79 Å². The van der Waals surface area contributed by atoms with Gasteiger partial charge in [-0.05, 0) is 45.4 Å². The molecule has 1 aromatic rings. The molecule has 0 saturated carbocycles. The Morgan fingerprint density at radius 1 is 1.22 bits per heavy atom. The fourth-order valence-electron chi connectivity index (χ4n) is 3.24. The number of hydrogen-bond acceptors (Lipinski definition) is 3. The van der Waals surface area contributed by atoms with Crippen molar-refractivity contribution in [3.05, 3.63) is 30.1 Å². The number of pyridine rings is 1. The van der Waals surface area contributed by atoms with Gasteiger partial charge in [0.15, 0.2) is 0 Å².